The van der Waals surface area contributed by atoms with Gasteiger partial charge in [-0.2, -0.15) is 0 Å². The van der Waals surface area contributed by atoms with Gasteiger partial charge in [0, 0.05) is 5.57 Å². The average Bonchev–Trinajstić information content (AvgIpc) is 2.30. The van der Waals surface area contributed by atoms with Crippen molar-refractivity contribution in [2.24, 2.45) is 7.05 Å². The zero-order chi connectivity index (χ0) is 9.30. The van der Waals surface area contributed by atoms with E-state index in [0.717, 1.165) is 0 Å². The van der Waals surface area contributed by atoms with Gasteiger partial charge < -0.3 is 10.1 Å². The molecule has 5 heteroatoms. The fraction of sp³-hybridized carbons (Fsp3) is 0.286. The molecule has 0 saturated heterocycles. The van der Waals surface area contributed by atoms with Crippen LogP contribution in [0.4, 0.5) is 5.82 Å². The van der Waals surface area contributed by atoms with Crippen LogP contribution in [0.5, 0.6) is 0 Å². The normalized spacial score (nSPS) is 9.83. The third-order valence-electron chi connectivity index (χ3n) is 1.53. The maximum absolute atomic E-state index is 10.4. The predicted octanol–water partition coefficient (Wildman–Crippen LogP) is 1.36. The SMILES string of the molecule is C=C(C)c1ncc([N+](=O)[O-])n1C. The van der Waals surface area contributed by atoms with Crippen LogP contribution in [0.1, 0.15) is 12.7 Å². The first-order valence-corrected chi connectivity index (χ1v) is 3.36. The molecule has 0 amide bonds. The molecule has 0 unspecified atom stereocenters. The first-order valence-electron chi connectivity index (χ1n) is 3.36. The largest absolute Gasteiger partial charge is 0.358 e. The molecule has 0 N–H and O–H groups in total. The fourth-order valence-electron chi connectivity index (χ4n) is 0.967. The maximum atomic E-state index is 10.4. The summed E-state index contributed by atoms with van der Waals surface area (Å²) in [5, 5.41) is 10.4. The van der Waals surface area contributed by atoms with Crippen molar-refractivity contribution >= 4 is 11.4 Å². The summed E-state index contributed by atoms with van der Waals surface area (Å²) in [7, 11) is 1.59. The van der Waals surface area contributed by atoms with Crippen molar-refractivity contribution in [2.75, 3.05) is 0 Å². The molecule has 0 aliphatic rings. The van der Waals surface area contributed by atoms with Gasteiger partial charge >= 0.3 is 5.82 Å². The molecule has 0 spiro atoms. The van der Waals surface area contributed by atoms with Gasteiger partial charge in [-0.05, 0) is 11.8 Å². The summed E-state index contributed by atoms with van der Waals surface area (Å²) in [4.78, 5) is 13.8. The average molecular weight is 167 g/mol. The molecule has 12 heavy (non-hydrogen) atoms. The molecular weight excluding hydrogens is 158 g/mol. The molecule has 0 bridgehead atoms. The van der Waals surface area contributed by atoms with Gasteiger partial charge in [0.05, 0.1) is 7.05 Å². The second-order valence-electron chi connectivity index (χ2n) is 2.54. The van der Waals surface area contributed by atoms with Crippen molar-refractivity contribution in [3.8, 4) is 0 Å². The summed E-state index contributed by atoms with van der Waals surface area (Å²) in [6, 6.07) is 0. The van der Waals surface area contributed by atoms with E-state index in [1.165, 1.54) is 10.8 Å². The van der Waals surface area contributed by atoms with Crippen LogP contribution in [0, 0.1) is 10.1 Å². The molecule has 1 rings (SSSR count). The van der Waals surface area contributed by atoms with Crippen LogP contribution in [0.3, 0.4) is 0 Å². The Morgan fingerprint density at radius 3 is 2.67 bits per heavy atom. The molecule has 64 valence electrons. The molecule has 0 fully saturated rings. The van der Waals surface area contributed by atoms with Crippen LogP contribution >= 0.6 is 0 Å². The number of nitro groups is 1. The van der Waals surface area contributed by atoms with E-state index in [9.17, 15) is 10.1 Å². The van der Waals surface area contributed by atoms with Gasteiger partial charge in [-0.1, -0.05) is 6.58 Å². The fourth-order valence-corrected chi connectivity index (χ4v) is 0.967. The highest BCUT2D eigenvalue weighted by Crippen LogP contribution is 2.16. The van der Waals surface area contributed by atoms with Crippen molar-refractivity contribution in [3.63, 3.8) is 0 Å². The second-order valence-corrected chi connectivity index (χ2v) is 2.54. The Hall–Kier alpha value is -1.65. The Kier molecular flexibility index (Phi) is 1.95. The van der Waals surface area contributed by atoms with Crippen LogP contribution in [-0.2, 0) is 7.05 Å². The molecule has 0 atom stereocenters. The number of aromatic nitrogens is 2. The van der Waals surface area contributed by atoms with E-state index >= 15 is 0 Å². The van der Waals surface area contributed by atoms with Gasteiger partial charge in [0.2, 0.25) is 5.82 Å². The van der Waals surface area contributed by atoms with E-state index in [2.05, 4.69) is 11.6 Å². The van der Waals surface area contributed by atoms with Crippen molar-refractivity contribution in [2.45, 2.75) is 6.92 Å². The smallest absolute Gasteiger partial charge is 0.342 e. The van der Waals surface area contributed by atoms with E-state index in [0.29, 0.717) is 11.4 Å². The summed E-state index contributed by atoms with van der Waals surface area (Å²) in [5.74, 6) is 0.523. The third kappa shape index (κ3) is 1.20. The number of hydrogen-bond acceptors (Lipinski definition) is 3. The lowest BCUT2D eigenvalue weighted by atomic mass is 10.3. The maximum Gasteiger partial charge on any atom is 0.342 e. The van der Waals surface area contributed by atoms with E-state index in [1.807, 2.05) is 0 Å². The minimum Gasteiger partial charge on any atom is -0.358 e. The lowest BCUT2D eigenvalue weighted by Crippen LogP contribution is -1.99. The van der Waals surface area contributed by atoms with Gasteiger partial charge in [0.25, 0.3) is 0 Å². The number of imidazole rings is 1. The standard InChI is InChI=1S/C7H9N3O2/c1-5(2)7-8-4-6(9(7)3)10(11)12/h4H,1H2,2-3H3. The highest BCUT2D eigenvalue weighted by molar-refractivity contribution is 5.56. The quantitative estimate of drug-likeness (QED) is 0.493. The molecule has 1 heterocycles. The third-order valence-corrected chi connectivity index (χ3v) is 1.53. The molecule has 0 aromatic carbocycles. The van der Waals surface area contributed by atoms with Gasteiger partial charge in [0.15, 0.2) is 0 Å². The zero-order valence-corrected chi connectivity index (χ0v) is 6.94. The van der Waals surface area contributed by atoms with Crippen molar-refractivity contribution < 1.29 is 4.92 Å². The van der Waals surface area contributed by atoms with Gasteiger partial charge in [-0.15, -0.1) is 0 Å². The summed E-state index contributed by atoms with van der Waals surface area (Å²) < 4.78 is 1.41. The van der Waals surface area contributed by atoms with Crippen molar-refractivity contribution in [1.82, 2.24) is 9.55 Å². The monoisotopic (exact) mass is 167 g/mol. The van der Waals surface area contributed by atoms with Gasteiger partial charge in [-0.25, -0.2) is 9.55 Å². The summed E-state index contributed by atoms with van der Waals surface area (Å²) >= 11 is 0. The first-order chi connectivity index (χ1) is 5.54. The first kappa shape index (κ1) is 8.45. The molecule has 0 saturated carbocycles. The van der Waals surface area contributed by atoms with Crippen LogP contribution in [0.2, 0.25) is 0 Å². The number of rotatable bonds is 2. The Bertz CT molecular complexity index is 309. The molecular formula is C7H9N3O2. The summed E-state index contributed by atoms with van der Waals surface area (Å²) in [6.45, 7) is 5.41. The molecule has 1 aromatic rings. The van der Waals surface area contributed by atoms with Gasteiger partial charge in [-0.3, -0.25) is 0 Å². The van der Waals surface area contributed by atoms with Crippen molar-refractivity contribution in [3.05, 3.63) is 28.7 Å². The van der Waals surface area contributed by atoms with Crippen LogP contribution in [0.15, 0.2) is 12.8 Å². The lowest BCUT2D eigenvalue weighted by molar-refractivity contribution is -0.391. The van der Waals surface area contributed by atoms with Crippen LogP contribution in [0.25, 0.3) is 5.57 Å². The van der Waals surface area contributed by atoms with Crippen molar-refractivity contribution in [1.29, 1.82) is 0 Å². The molecule has 0 aliphatic heterocycles. The van der Waals surface area contributed by atoms with Crippen LogP contribution in [-0.4, -0.2) is 14.5 Å². The number of allylic oxidation sites excluding steroid dienone is 1. The minimum atomic E-state index is -0.473. The van der Waals surface area contributed by atoms with E-state index in [1.54, 1.807) is 14.0 Å². The summed E-state index contributed by atoms with van der Waals surface area (Å²) in [5.41, 5.74) is 0.714. The highest BCUT2D eigenvalue weighted by atomic mass is 16.6. The minimum absolute atomic E-state index is 0.0204. The summed E-state index contributed by atoms with van der Waals surface area (Å²) in [6.07, 6.45) is 1.23. The Balaban J connectivity index is 3.22. The molecule has 0 radical (unpaired) electrons. The van der Waals surface area contributed by atoms with Gasteiger partial charge in [0.1, 0.15) is 6.20 Å². The lowest BCUT2D eigenvalue weighted by Gasteiger charge is -1.95. The van der Waals surface area contributed by atoms with E-state index in [4.69, 9.17) is 0 Å². The molecule has 0 aliphatic carbocycles. The Morgan fingerprint density at radius 1 is 1.83 bits per heavy atom. The molecule has 1 aromatic heterocycles. The predicted molar refractivity (Wildman–Crippen MR) is 44.6 cm³/mol. The number of hydrogen-bond donors (Lipinski definition) is 0. The Morgan fingerprint density at radius 2 is 2.42 bits per heavy atom. The Labute approximate surface area is 69.5 Å². The second kappa shape index (κ2) is 2.77. The molecule has 5 nitrogen and oxygen atoms in total. The zero-order valence-electron chi connectivity index (χ0n) is 6.94. The number of nitrogens with zero attached hydrogens (tertiary/aromatic N) is 3. The van der Waals surface area contributed by atoms with Crippen LogP contribution < -0.4 is 0 Å². The topological polar surface area (TPSA) is 61.0 Å². The highest BCUT2D eigenvalue weighted by Gasteiger charge is 2.15. The van der Waals surface area contributed by atoms with E-state index < -0.39 is 4.92 Å². The van der Waals surface area contributed by atoms with E-state index in [-0.39, 0.29) is 5.82 Å².